The summed E-state index contributed by atoms with van der Waals surface area (Å²) in [6.45, 7) is 6.54. The van der Waals surface area contributed by atoms with E-state index in [2.05, 4.69) is 25.8 Å². The Labute approximate surface area is 154 Å². The maximum absolute atomic E-state index is 12.1. The van der Waals surface area contributed by atoms with Crippen molar-refractivity contribution in [2.45, 2.75) is 46.1 Å². The number of nitro groups is 1. The van der Waals surface area contributed by atoms with Gasteiger partial charge in [0, 0.05) is 30.6 Å². The van der Waals surface area contributed by atoms with Crippen molar-refractivity contribution in [2.24, 2.45) is 22.7 Å². The zero-order valence-electron chi connectivity index (χ0n) is 15.5. The number of esters is 1. The number of nitro benzene ring substituents is 1. The summed E-state index contributed by atoms with van der Waals surface area (Å²) in [6, 6.07) is 6.03. The highest BCUT2D eigenvalue weighted by atomic mass is 16.6. The van der Waals surface area contributed by atoms with Crippen LogP contribution in [0.3, 0.4) is 0 Å². The van der Waals surface area contributed by atoms with Crippen molar-refractivity contribution >= 4 is 17.9 Å². The van der Waals surface area contributed by atoms with Crippen LogP contribution < -0.4 is 0 Å². The first-order valence-electron chi connectivity index (χ1n) is 9.01. The molecule has 0 spiro atoms. The molecule has 0 aliphatic heterocycles. The maximum atomic E-state index is 12.1. The third-order valence-corrected chi connectivity index (χ3v) is 4.85. The summed E-state index contributed by atoms with van der Waals surface area (Å²) < 4.78 is 5.66. The van der Waals surface area contributed by atoms with E-state index in [0.717, 1.165) is 18.4 Å². The molecule has 0 bridgehead atoms. The fraction of sp³-hybridized carbons (Fsp3) is 0.500. The molecule has 0 unspecified atom stereocenters. The maximum Gasteiger partial charge on any atom is 0.332 e. The number of carbonyl (C=O) groups is 1. The minimum Gasteiger partial charge on any atom is -0.459 e. The molecule has 6 nitrogen and oxygen atoms in total. The fourth-order valence-corrected chi connectivity index (χ4v) is 3.35. The van der Waals surface area contributed by atoms with Gasteiger partial charge in [-0.15, -0.1) is 0 Å². The number of aliphatic imine (C=N–C) groups is 1. The van der Waals surface area contributed by atoms with Crippen LogP contribution in [0.25, 0.3) is 0 Å². The third kappa shape index (κ3) is 5.79. The lowest BCUT2D eigenvalue weighted by Gasteiger charge is -2.36. The lowest BCUT2D eigenvalue weighted by molar-refractivity contribution is -0.384. The molecule has 0 heterocycles. The van der Waals surface area contributed by atoms with E-state index < -0.39 is 4.92 Å². The Balaban J connectivity index is 1.88. The van der Waals surface area contributed by atoms with E-state index in [0.29, 0.717) is 17.8 Å². The van der Waals surface area contributed by atoms with E-state index in [1.54, 1.807) is 12.1 Å². The number of hydrogen-bond donors (Lipinski definition) is 0. The highest BCUT2D eigenvalue weighted by molar-refractivity contribution is 5.84. The standard InChI is InChI=1S/C20H26N2O4/c1-14(2)18-9-4-15(3)12-19(18)26-20(23)10-11-21-13-16-5-7-17(8-6-16)22(24)25/h5-8,10-11,13-15,18-19H,4,9,12H2,1-3H3/b11-10+,21-13?/t15-,18+,19-/m1/s1. The molecule has 0 N–H and O–H groups in total. The van der Waals surface area contributed by atoms with Crippen molar-refractivity contribution in [3.05, 3.63) is 52.2 Å². The molecule has 140 valence electrons. The average molecular weight is 358 g/mol. The van der Waals surface area contributed by atoms with Crippen LogP contribution >= 0.6 is 0 Å². The Morgan fingerprint density at radius 3 is 2.62 bits per heavy atom. The van der Waals surface area contributed by atoms with Gasteiger partial charge in [0.05, 0.1) is 4.92 Å². The Bertz CT molecular complexity index is 680. The van der Waals surface area contributed by atoms with Gasteiger partial charge in [0.15, 0.2) is 0 Å². The lowest BCUT2D eigenvalue weighted by atomic mass is 9.75. The van der Waals surface area contributed by atoms with Crippen molar-refractivity contribution < 1.29 is 14.5 Å². The van der Waals surface area contributed by atoms with Crippen molar-refractivity contribution in [3.63, 3.8) is 0 Å². The van der Waals surface area contributed by atoms with Gasteiger partial charge < -0.3 is 4.74 Å². The molecule has 26 heavy (non-hydrogen) atoms. The minimum absolute atomic E-state index is 0.0303. The molecule has 3 atom stereocenters. The van der Waals surface area contributed by atoms with Crippen molar-refractivity contribution in [3.8, 4) is 0 Å². The Morgan fingerprint density at radius 2 is 2.00 bits per heavy atom. The second-order valence-electron chi connectivity index (χ2n) is 7.24. The molecule has 1 aromatic carbocycles. The molecular formula is C20H26N2O4. The van der Waals surface area contributed by atoms with Gasteiger partial charge in [-0.1, -0.05) is 27.2 Å². The zero-order valence-corrected chi connectivity index (χ0v) is 15.5. The lowest BCUT2D eigenvalue weighted by Crippen LogP contribution is -2.35. The summed E-state index contributed by atoms with van der Waals surface area (Å²) >= 11 is 0. The number of hydrogen-bond acceptors (Lipinski definition) is 5. The summed E-state index contributed by atoms with van der Waals surface area (Å²) in [6.07, 6.45) is 7.40. The first kappa shape index (κ1) is 19.8. The highest BCUT2D eigenvalue weighted by Crippen LogP contribution is 2.35. The first-order chi connectivity index (χ1) is 12.4. The van der Waals surface area contributed by atoms with Crippen LogP contribution in [0, 0.1) is 27.9 Å². The highest BCUT2D eigenvalue weighted by Gasteiger charge is 2.32. The van der Waals surface area contributed by atoms with Gasteiger partial charge >= 0.3 is 5.97 Å². The monoisotopic (exact) mass is 358 g/mol. The minimum atomic E-state index is -0.451. The van der Waals surface area contributed by atoms with Crippen molar-refractivity contribution in [2.75, 3.05) is 0 Å². The van der Waals surface area contributed by atoms with E-state index in [4.69, 9.17) is 4.74 Å². The van der Waals surface area contributed by atoms with E-state index in [1.165, 1.54) is 37.0 Å². The molecular weight excluding hydrogens is 332 g/mol. The Kier molecular flexibility index (Phi) is 7.06. The Hall–Kier alpha value is -2.50. The molecule has 0 radical (unpaired) electrons. The summed E-state index contributed by atoms with van der Waals surface area (Å²) in [5.41, 5.74) is 0.747. The molecule has 1 fully saturated rings. The van der Waals surface area contributed by atoms with Gasteiger partial charge in [0.25, 0.3) is 5.69 Å². The quantitative estimate of drug-likeness (QED) is 0.246. The molecule has 0 aromatic heterocycles. The van der Waals surface area contributed by atoms with Crippen LogP contribution in [0.15, 0.2) is 41.5 Å². The number of rotatable bonds is 6. The molecule has 6 heteroatoms. The predicted molar refractivity (Wildman–Crippen MR) is 101 cm³/mol. The van der Waals surface area contributed by atoms with Gasteiger partial charge in [0.1, 0.15) is 6.10 Å². The van der Waals surface area contributed by atoms with E-state index in [9.17, 15) is 14.9 Å². The molecule has 0 saturated heterocycles. The van der Waals surface area contributed by atoms with Crippen LogP contribution in [-0.2, 0) is 9.53 Å². The number of ether oxygens (including phenoxy) is 1. The van der Waals surface area contributed by atoms with E-state index in [1.807, 2.05) is 0 Å². The van der Waals surface area contributed by atoms with Crippen molar-refractivity contribution in [1.29, 1.82) is 0 Å². The SMILES string of the molecule is CC(C)[C@@H]1CC[C@@H](C)C[C@H]1OC(=O)/C=C/N=Cc1ccc([N+](=O)[O-])cc1. The van der Waals surface area contributed by atoms with E-state index in [-0.39, 0.29) is 17.8 Å². The summed E-state index contributed by atoms with van der Waals surface area (Å²) in [5.74, 6) is 1.10. The van der Waals surface area contributed by atoms with Crippen LogP contribution in [0.5, 0.6) is 0 Å². The number of carbonyl (C=O) groups excluding carboxylic acids is 1. The molecule has 2 rings (SSSR count). The van der Waals surface area contributed by atoms with Gasteiger partial charge in [-0.3, -0.25) is 15.1 Å². The van der Waals surface area contributed by atoms with Gasteiger partial charge in [-0.05, 0) is 48.3 Å². The molecule has 1 aliphatic rings. The van der Waals surface area contributed by atoms with Gasteiger partial charge in [-0.25, -0.2) is 4.79 Å². The number of benzene rings is 1. The summed E-state index contributed by atoms with van der Waals surface area (Å²) in [4.78, 5) is 26.3. The van der Waals surface area contributed by atoms with E-state index >= 15 is 0 Å². The normalized spacial score (nSPS) is 23.6. The van der Waals surface area contributed by atoms with Crippen LogP contribution in [-0.4, -0.2) is 23.2 Å². The summed E-state index contributed by atoms with van der Waals surface area (Å²) in [7, 11) is 0. The second kappa shape index (κ2) is 9.27. The van der Waals surface area contributed by atoms with Crippen LogP contribution in [0.2, 0.25) is 0 Å². The smallest absolute Gasteiger partial charge is 0.332 e. The predicted octanol–water partition coefficient (Wildman–Crippen LogP) is 4.53. The number of non-ortho nitro benzene ring substituents is 1. The number of nitrogens with zero attached hydrogens (tertiary/aromatic N) is 2. The topological polar surface area (TPSA) is 81.8 Å². The van der Waals surface area contributed by atoms with Crippen LogP contribution in [0.4, 0.5) is 5.69 Å². The summed E-state index contributed by atoms with van der Waals surface area (Å²) in [5, 5.41) is 10.6. The molecule has 1 aliphatic carbocycles. The van der Waals surface area contributed by atoms with Gasteiger partial charge in [-0.2, -0.15) is 0 Å². The zero-order chi connectivity index (χ0) is 19.1. The van der Waals surface area contributed by atoms with Crippen molar-refractivity contribution in [1.82, 2.24) is 0 Å². The van der Waals surface area contributed by atoms with Crippen LogP contribution in [0.1, 0.15) is 45.6 Å². The molecule has 1 saturated carbocycles. The average Bonchev–Trinajstić information content (AvgIpc) is 2.59. The third-order valence-electron chi connectivity index (χ3n) is 4.85. The molecule has 1 aromatic rings. The Morgan fingerprint density at radius 1 is 1.31 bits per heavy atom. The molecule has 0 amide bonds. The fourth-order valence-electron chi connectivity index (χ4n) is 3.35. The largest absolute Gasteiger partial charge is 0.459 e. The second-order valence-corrected chi connectivity index (χ2v) is 7.24. The van der Waals surface area contributed by atoms with Gasteiger partial charge in [0.2, 0.25) is 0 Å². The first-order valence-corrected chi connectivity index (χ1v) is 9.01.